The molecule has 0 aromatic heterocycles. The summed E-state index contributed by atoms with van der Waals surface area (Å²) in [7, 11) is 1.86. The molecule has 3 N–H and O–H groups in total. The van der Waals surface area contributed by atoms with Crippen LogP contribution in [-0.2, 0) is 4.79 Å². The van der Waals surface area contributed by atoms with Crippen molar-refractivity contribution in [2.75, 3.05) is 26.7 Å². The summed E-state index contributed by atoms with van der Waals surface area (Å²) >= 11 is 0. The Morgan fingerprint density at radius 2 is 2.27 bits per heavy atom. The summed E-state index contributed by atoms with van der Waals surface area (Å²) in [5.74, 6) is 0.00611. The number of β-amino-alcohol motifs (C(OH)–C–C–N with tert-alkyl or cyclic N) is 1. The quantitative estimate of drug-likeness (QED) is 0.550. The highest BCUT2D eigenvalue weighted by Crippen LogP contribution is 2.06. The zero-order valence-corrected chi connectivity index (χ0v) is 9.66. The molecule has 1 heterocycles. The van der Waals surface area contributed by atoms with Gasteiger partial charge in [0, 0.05) is 25.2 Å². The molecule has 1 aliphatic rings. The van der Waals surface area contributed by atoms with E-state index < -0.39 is 0 Å². The first-order valence-corrected chi connectivity index (χ1v) is 5.39. The predicted octanol–water partition coefficient (Wildman–Crippen LogP) is -1.22. The molecule has 2 unspecified atom stereocenters. The lowest BCUT2D eigenvalue weighted by Crippen LogP contribution is -2.46. The van der Waals surface area contributed by atoms with Crippen LogP contribution in [0.25, 0.3) is 0 Å². The minimum absolute atomic E-state index is 0.00611. The van der Waals surface area contributed by atoms with E-state index in [-0.39, 0.29) is 24.1 Å². The first-order chi connectivity index (χ1) is 7.00. The Bertz CT molecular complexity index is 221. The van der Waals surface area contributed by atoms with Gasteiger partial charge in [0.15, 0.2) is 0 Å². The molecule has 0 saturated carbocycles. The van der Waals surface area contributed by atoms with Gasteiger partial charge in [-0.25, -0.2) is 0 Å². The first kappa shape index (κ1) is 12.4. The van der Waals surface area contributed by atoms with Gasteiger partial charge < -0.3 is 15.7 Å². The molecule has 0 spiro atoms. The lowest BCUT2D eigenvalue weighted by atomic mass is 10.2. The van der Waals surface area contributed by atoms with Crippen LogP contribution in [0.4, 0.5) is 0 Å². The van der Waals surface area contributed by atoms with Gasteiger partial charge in [0.05, 0.1) is 12.6 Å². The second-order valence-electron chi connectivity index (χ2n) is 4.43. The van der Waals surface area contributed by atoms with Crippen LogP contribution in [0.5, 0.6) is 0 Å². The number of carbonyl (C=O) groups excluding carboxylic acids is 1. The average Bonchev–Trinajstić information content (AvgIpc) is 2.49. The molecule has 1 aliphatic heterocycles. The van der Waals surface area contributed by atoms with E-state index >= 15 is 0 Å². The van der Waals surface area contributed by atoms with E-state index in [1.165, 1.54) is 0 Å². The SMILES string of the molecule is CC(C)NC(=O)CN(C)C1CNCC1O. The van der Waals surface area contributed by atoms with Crippen LogP contribution in [0, 0.1) is 0 Å². The zero-order chi connectivity index (χ0) is 11.4. The van der Waals surface area contributed by atoms with E-state index in [1.54, 1.807) is 0 Å². The maximum absolute atomic E-state index is 11.5. The Morgan fingerprint density at radius 1 is 1.60 bits per heavy atom. The highest BCUT2D eigenvalue weighted by atomic mass is 16.3. The van der Waals surface area contributed by atoms with Gasteiger partial charge in [0.2, 0.25) is 5.91 Å². The van der Waals surface area contributed by atoms with Crippen LogP contribution >= 0.6 is 0 Å². The number of aliphatic hydroxyl groups excluding tert-OH is 1. The van der Waals surface area contributed by atoms with Crippen LogP contribution in [0.3, 0.4) is 0 Å². The highest BCUT2D eigenvalue weighted by Gasteiger charge is 2.29. The standard InChI is InChI=1S/C10H21N3O2/c1-7(2)12-10(15)6-13(3)8-4-11-5-9(8)14/h7-9,11,14H,4-6H2,1-3H3,(H,12,15). The molecular formula is C10H21N3O2. The molecule has 1 rings (SSSR count). The molecule has 0 radical (unpaired) electrons. The van der Waals surface area contributed by atoms with Crippen LogP contribution in [0.15, 0.2) is 0 Å². The average molecular weight is 215 g/mol. The third kappa shape index (κ3) is 3.77. The smallest absolute Gasteiger partial charge is 0.234 e. The molecule has 2 atom stereocenters. The topological polar surface area (TPSA) is 64.6 Å². The van der Waals surface area contributed by atoms with Crippen LogP contribution in [0.1, 0.15) is 13.8 Å². The Morgan fingerprint density at radius 3 is 2.73 bits per heavy atom. The summed E-state index contributed by atoms with van der Waals surface area (Å²) < 4.78 is 0. The van der Waals surface area contributed by atoms with Crippen molar-refractivity contribution in [1.29, 1.82) is 0 Å². The van der Waals surface area contributed by atoms with E-state index in [9.17, 15) is 9.90 Å². The van der Waals surface area contributed by atoms with Crippen molar-refractivity contribution >= 4 is 5.91 Å². The molecule has 1 fully saturated rings. The van der Waals surface area contributed by atoms with Crippen molar-refractivity contribution < 1.29 is 9.90 Å². The van der Waals surface area contributed by atoms with Gasteiger partial charge in [-0.15, -0.1) is 0 Å². The highest BCUT2D eigenvalue weighted by molar-refractivity contribution is 5.78. The molecule has 0 aromatic carbocycles. The number of nitrogens with one attached hydrogen (secondary N) is 2. The Balaban J connectivity index is 2.34. The second-order valence-corrected chi connectivity index (χ2v) is 4.43. The number of rotatable bonds is 4. The van der Waals surface area contributed by atoms with Gasteiger partial charge in [-0.2, -0.15) is 0 Å². The van der Waals surface area contributed by atoms with E-state index in [0.29, 0.717) is 13.1 Å². The summed E-state index contributed by atoms with van der Waals surface area (Å²) in [6.45, 7) is 5.56. The summed E-state index contributed by atoms with van der Waals surface area (Å²) in [5.41, 5.74) is 0. The van der Waals surface area contributed by atoms with Crippen molar-refractivity contribution in [2.45, 2.75) is 32.0 Å². The Hall–Kier alpha value is -0.650. The third-order valence-corrected chi connectivity index (χ3v) is 2.56. The zero-order valence-electron chi connectivity index (χ0n) is 9.66. The number of nitrogens with zero attached hydrogens (tertiary/aromatic N) is 1. The molecule has 0 bridgehead atoms. The van der Waals surface area contributed by atoms with Crippen molar-refractivity contribution in [3.05, 3.63) is 0 Å². The lowest BCUT2D eigenvalue weighted by Gasteiger charge is -2.25. The number of aliphatic hydroxyl groups is 1. The predicted molar refractivity (Wildman–Crippen MR) is 58.6 cm³/mol. The van der Waals surface area contributed by atoms with Gasteiger partial charge in [0.25, 0.3) is 0 Å². The minimum atomic E-state index is -0.373. The number of carbonyl (C=O) groups is 1. The van der Waals surface area contributed by atoms with E-state index in [0.717, 1.165) is 6.54 Å². The molecule has 1 amide bonds. The molecule has 0 aromatic rings. The molecular weight excluding hydrogens is 194 g/mol. The summed E-state index contributed by atoms with van der Waals surface area (Å²) in [6.07, 6.45) is -0.373. The van der Waals surface area contributed by atoms with Crippen molar-refractivity contribution in [2.24, 2.45) is 0 Å². The van der Waals surface area contributed by atoms with Gasteiger partial charge in [-0.05, 0) is 20.9 Å². The van der Waals surface area contributed by atoms with Crippen molar-refractivity contribution in [3.63, 3.8) is 0 Å². The normalized spacial score (nSPS) is 26.3. The number of likely N-dealkylation sites (N-methyl/N-ethyl adjacent to an activating group) is 1. The van der Waals surface area contributed by atoms with Gasteiger partial charge >= 0.3 is 0 Å². The summed E-state index contributed by atoms with van der Waals surface area (Å²) in [4.78, 5) is 13.4. The van der Waals surface area contributed by atoms with Gasteiger partial charge in [0.1, 0.15) is 0 Å². The van der Waals surface area contributed by atoms with Crippen LogP contribution in [0.2, 0.25) is 0 Å². The maximum atomic E-state index is 11.5. The fourth-order valence-electron chi connectivity index (χ4n) is 1.81. The van der Waals surface area contributed by atoms with E-state index in [4.69, 9.17) is 0 Å². The molecule has 5 nitrogen and oxygen atoms in total. The van der Waals surface area contributed by atoms with Gasteiger partial charge in [-0.1, -0.05) is 0 Å². The van der Waals surface area contributed by atoms with Crippen LogP contribution < -0.4 is 10.6 Å². The third-order valence-electron chi connectivity index (χ3n) is 2.56. The Kier molecular flexibility index (Phi) is 4.50. The summed E-state index contributed by atoms with van der Waals surface area (Å²) in [5, 5.41) is 15.5. The second kappa shape index (κ2) is 5.44. The van der Waals surface area contributed by atoms with E-state index in [1.807, 2.05) is 25.8 Å². The lowest BCUT2D eigenvalue weighted by molar-refractivity contribution is -0.123. The van der Waals surface area contributed by atoms with Crippen LogP contribution in [-0.4, -0.2) is 60.8 Å². The van der Waals surface area contributed by atoms with Crippen molar-refractivity contribution in [3.8, 4) is 0 Å². The number of hydrogen-bond acceptors (Lipinski definition) is 4. The maximum Gasteiger partial charge on any atom is 0.234 e. The number of amides is 1. The number of hydrogen-bond donors (Lipinski definition) is 3. The first-order valence-electron chi connectivity index (χ1n) is 5.39. The van der Waals surface area contributed by atoms with Crippen molar-refractivity contribution in [1.82, 2.24) is 15.5 Å². The fraction of sp³-hybridized carbons (Fsp3) is 0.900. The molecule has 88 valence electrons. The van der Waals surface area contributed by atoms with E-state index in [2.05, 4.69) is 10.6 Å². The largest absolute Gasteiger partial charge is 0.390 e. The monoisotopic (exact) mass is 215 g/mol. The molecule has 5 heteroatoms. The van der Waals surface area contributed by atoms with Gasteiger partial charge in [-0.3, -0.25) is 9.69 Å². The minimum Gasteiger partial charge on any atom is -0.390 e. The molecule has 15 heavy (non-hydrogen) atoms. The Labute approximate surface area is 90.8 Å². The fourth-order valence-corrected chi connectivity index (χ4v) is 1.81. The summed E-state index contributed by atoms with van der Waals surface area (Å²) in [6, 6.07) is 0.209. The molecule has 1 saturated heterocycles. The molecule has 0 aliphatic carbocycles.